The summed E-state index contributed by atoms with van der Waals surface area (Å²) in [6, 6.07) is 5.48. The SMILES string of the molecule is CC1(C)Cc2nc(N3CCOc4ccc(NC=O)cc43)sc2C(=O)N1.O=C1CCCO1. The van der Waals surface area contributed by atoms with Crippen molar-refractivity contribution >= 4 is 46.1 Å². The number of hydrogen-bond acceptors (Lipinski definition) is 8. The van der Waals surface area contributed by atoms with Crippen molar-refractivity contribution in [2.24, 2.45) is 0 Å². The third-order valence-electron chi connectivity index (χ3n) is 5.02. The summed E-state index contributed by atoms with van der Waals surface area (Å²) in [5.74, 6) is 0.621. The molecule has 0 aliphatic carbocycles. The first kappa shape index (κ1) is 21.1. The van der Waals surface area contributed by atoms with Gasteiger partial charge in [0, 0.05) is 24.1 Å². The van der Waals surface area contributed by atoms with Crippen LogP contribution in [0.4, 0.5) is 16.5 Å². The van der Waals surface area contributed by atoms with Gasteiger partial charge in [0.2, 0.25) is 6.41 Å². The van der Waals surface area contributed by atoms with Crippen LogP contribution >= 0.6 is 11.3 Å². The van der Waals surface area contributed by atoms with Crippen LogP contribution in [0.5, 0.6) is 5.75 Å². The van der Waals surface area contributed by atoms with E-state index in [1.807, 2.05) is 30.9 Å². The zero-order valence-electron chi connectivity index (χ0n) is 17.4. The largest absolute Gasteiger partial charge is 0.490 e. The van der Waals surface area contributed by atoms with Crippen molar-refractivity contribution in [3.05, 3.63) is 28.8 Å². The molecule has 0 saturated carbocycles. The van der Waals surface area contributed by atoms with Gasteiger partial charge in [0.25, 0.3) is 5.91 Å². The van der Waals surface area contributed by atoms with E-state index in [2.05, 4.69) is 15.4 Å². The molecule has 31 heavy (non-hydrogen) atoms. The smallest absolute Gasteiger partial charge is 0.305 e. The Hall–Kier alpha value is -3.14. The number of nitrogens with one attached hydrogen (secondary N) is 2. The normalized spacial score (nSPS) is 18.5. The molecule has 1 aromatic heterocycles. The first-order valence-corrected chi connectivity index (χ1v) is 10.9. The van der Waals surface area contributed by atoms with Gasteiger partial charge in [-0.25, -0.2) is 4.98 Å². The topological polar surface area (TPSA) is 110 Å². The van der Waals surface area contributed by atoms with Crippen molar-refractivity contribution in [2.75, 3.05) is 30.0 Å². The zero-order chi connectivity index (χ0) is 22.0. The molecule has 1 aromatic carbocycles. The van der Waals surface area contributed by atoms with Crippen molar-refractivity contribution in [3.63, 3.8) is 0 Å². The molecule has 3 aliphatic rings. The van der Waals surface area contributed by atoms with Crippen LogP contribution < -0.4 is 20.3 Å². The number of rotatable bonds is 3. The van der Waals surface area contributed by atoms with Gasteiger partial charge in [-0.3, -0.25) is 14.4 Å². The Bertz CT molecular complexity index is 1010. The highest BCUT2D eigenvalue weighted by molar-refractivity contribution is 7.17. The molecular formula is C21H24N4O5S. The van der Waals surface area contributed by atoms with E-state index in [4.69, 9.17) is 9.72 Å². The molecule has 0 spiro atoms. The molecule has 164 valence electrons. The molecule has 2 N–H and O–H groups in total. The molecule has 4 heterocycles. The molecule has 3 aliphatic heterocycles. The third-order valence-corrected chi connectivity index (χ3v) is 6.14. The van der Waals surface area contributed by atoms with Crippen molar-refractivity contribution in [1.82, 2.24) is 10.3 Å². The predicted octanol–water partition coefficient (Wildman–Crippen LogP) is 2.63. The van der Waals surface area contributed by atoms with Crippen LogP contribution in [0.25, 0.3) is 0 Å². The van der Waals surface area contributed by atoms with Gasteiger partial charge < -0.3 is 25.0 Å². The molecular weight excluding hydrogens is 420 g/mol. The molecule has 1 saturated heterocycles. The number of esters is 1. The first-order chi connectivity index (χ1) is 14.9. The van der Waals surface area contributed by atoms with Gasteiger partial charge in [-0.2, -0.15) is 0 Å². The van der Waals surface area contributed by atoms with Gasteiger partial charge >= 0.3 is 5.97 Å². The van der Waals surface area contributed by atoms with Crippen molar-refractivity contribution < 1.29 is 23.9 Å². The van der Waals surface area contributed by atoms with Crippen molar-refractivity contribution in [1.29, 1.82) is 0 Å². The Balaban J connectivity index is 0.000000334. The van der Waals surface area contributed by atoms with Gasteiger partial charge in [0.15, 0.2) is 5.13 Å². The Morgan fingerprint density at radius 2 is 2.10 bits per heavy atom. The number of carbonyl (C=O) groups excluding carboxylic acids is 3. The van der Waals surface area contributed by atoms with E-state index in [1.54, 1.807) is 6.07 Å². The number of thiazole rings is 1. The molecule has 9 nitrogen and oxygen atoms in total. The molecule has 2 amide bonds. The number of anilines is 3. The molecule has 5 rings (SSSR count). The molecule has 2 aromatic rings. The fourth-order valence-corrected chi connectivity index (χ4v) is 4.65. The second-order valence-electron chi connectivity index (χ2n) is 8.06. The van der Waals surface area contributed by atoms with Crippen LogP contribution in [0.3, 0.4) is 0 Å². The lowest BCUT2D eigenvalue weighted by Crippen LogP contribution is -2.48. The fourth-order valence-electron chi connectivity index (χ4n) is 3.63. The number of cyclic esters (lactones) is 1. The lowest BCUT2D eigenvalue weighted by Gasteiger charge is -2.29. The maximum absolute atomic E-state index is 12.3. The third kappa shape index (κ3) is 4.63. The number of carbonyl (C=O) groups is 3. The number of aromatic nitrogens is 1. The second kappa shape index (κ2) is 8.54. The first-order valence-electron chi connectivity index (χ1n) is 10.1. The molecule has 0 atom stereocenters. The van der Waals surface area contributed by atoms with Gasteiger partial charge in [0.05, 0.1) is 24.5 Å². The number of hydrogen-bond donors (Lipinski definition) is 2. The molecule has 0 unspecified atom stereocenters. The summed E-state index contributed by atoms with van der Waals surface area (Å²) in [5.41, 5.74) is 2.07. The average Bonchev–Trinajstić information content (AvgIpc) is 3.36. The molecule has 0 bridgehead atoms. The zero-order valence-corrected chi connectivity index (χ0v) is 18.2. The van der Waals surface area contributed by atoms with E-state index in [1.165, 1.54) is 11.3 Å². The van der Waals surface area contributed by atoms with Gasteiger partial charge in [-0.1, -0.05) is 11.3 Å². The number of benzene rings is 1. The highest BCUT2D eigenvalue weighted by atomic mass is 32.1. The van der Waals surface area contributed by atoms with E-state index in [0.29, 0.717) is 49.6 Å². The summed E-state index contributed by atoms with van der Waals surface area (Å²) < 4.78 is 10.2. The number of amides is 2. The molecule has 0 radical (unpaired) electrons. The lowest BCUT2D eigenvalue weighted by molar-refractivity contribution is -0.137. The summed E-state index contributed by atoms with van der Waals surface area (Å²) in [5, 5.41) is 6.43. The van der Waals surface area contributed by atoms with Gasteiger partial charge in [-0.05, 0) is 38.5 Å². The number of fused-ring (bicyclic) bond motifs is 2. The number of nitrogens with zero attached hydrogens (tertiary/aromatic N) is 2. The van der Waals surface area contributed by atoms with E-state index in [-0.39, 0.29) is 17.4 Å². The van der Waals surface area contributed by atoms with Crippen LogP contribution in [0.15, 0.2) is 18.2 Å². The minimum Gasteiger partial charge on any atom is -0.490 e. The fraction of sp³-hybridized carbons (Fsp3) is 0.429. The number of ether oxygens (including phenoxy) is 2. The quantitative estimate of drug-likeness (QED) is 0.553. The second-order valence-corrected chi connectivity index (χ2v) is 9.03. The van der Waals surface area contributed by atoms with Crippen molar-refractivity contribution in [2.45, 2.75) is 38.6 Å². The summed E-state index contributed by atoms with van der Waals surface area (Å²) in [6.45, 7) is 5.80. The summed E-state index contributed by atoms with van der Waals surface area (Å²) in [6.07, 6.45) is 2.89. The Kier molecular flexibility index (Phi) is 5.81. The van der Waals surface area contributed by atoms with Gasteiger partial charge in [0.1, 0.15) is 17.2 Å². The Morgan fingerprint density at radius 3 is 2.77 bits per heavy atom. The Morgan fingerprint density at radius 1 is 1.26 bits per heavy atom. The van der Waals surface area contributed by atoms with Crippen LogP contribution in [0.1, 0.15) is 42.1 Å². The van der Waals surface area contributed by atoms with E-state index < -0.39 is 0 Å². The van der Waals surface area contributed by atoms with E-state index in [0.717, 1.165) is 28.7 Å². The lowest BCUT2D eigenvalue weighted by atomic mass is 9.94. The van der Waals surface area contributed by atoms with Crippen LogP contribution in [-0.4, -0.2) is 48.6 Å². The predicted molar refractivity (Wildman–Crippen MR) is 116 cm³/mol. The maximum Gasteiger partial charge on any atom is 0.305 e. The monoisotopic (exact) mass is 444 g/mol. The van der Waals surface area contributed by atoms with Crippen LogP contribution in [-0.2, 0) is 20.7 Å². The van der Waals surface area contributed by atoms with Crippen LogP contribution in [0.2, 0.25) is 0 Å². The summed E-state index contributed by atoms with van der Waals surface area (Å²) >= 11 is 1.39. The molecule has 10 heteroatoms. The standard InChI is InChI=1S/C17H18N4O3S.C4H6O2/c1-17(2)8-11-14(15(23)20-17)25-16(19-11)21-5-6-24-13-4-3-10(18-9-22)7-12(13)21;5-4-2-1-3-6-4/h3-4,7,9H,5-6,8H2,1-2H3,(H,18,22)(H,20,23);1-3H2. The maximum atomic E-state index is 12.3. The highest BCUT2D eigenvalue weighted by Gasteiger charge is 2.34. The average molecular weight is 445 g/mol. The molecule has 1 fully saturated rings. The summed E-state index contributed by atoms with van der Waals surface area (Å²) in [7, 11) is 0. The van der Waals surface area contributed by atoms with Crippen LogP contribution in [0, 0.1) is 0 Å². The van der Waals surface area contributed by atoms with E-state index in [9.17, 15) is 14.4 Å². The van der Waals surface area contributed by atoms with Gasteiger partial charge in [-0.15, -0.1) is 0 Å². The summed E-state index contributed by atoms with van der Waals surface area (Å²) in [4.78, 5) is 40.5. The highest BCUT2D eigenvalue weighted by Crippen LogP contribution is 2.41. The minimum atomic E-state index is -0.292. The minimum absolute atomic E-state index is 0.0463. The Labute approximate surface area is 183 Å². The van der Waals surface area contributed by atoms with E-state index >= 15 is 0 Å². The van der Waals surface area contributed by atoms with Crippen molar-refractivity contribution in [3.8, 4) is 5.75 Å².